The summed E-state index contributed by atoms with van der Waals surface area (Å²) in [4.78, 5) is 14.5. The Kier molecular flexibility index (Phi) is 5.80. The summed E-state index contributed by atoms with van der Waals surface area (Å²) in [7, 11) is -3.74. The van der Waals surface area contributed by atoms with Gasteiger partial charge in [0.2, 0.25) is 5.91 Å². The average Bonchev–Trinajstić information content (AvgIpc) is 2.63. The molecule has 138 valence electrons. The molecule has 1 fully saturated rings. The molecule has 0 unspecified atom stereocenters. The van der Waals surface area contributed by atoms with Gasteiger partial charge < -0.3 is 15.0 Å². The molecule has 0 saturated carbocycles. The standard InChI is InChI=1S/C18H19ClN2O4S/c19-14-5-7-15(8-6-14)26(23,24)13-18(22)20-16-3-1-2-4-17(16)21-9-11-25-12-10-21/h1-8H,9-13H2,(H,20,22). The van der Waals surface area contributed by atoms with E-state index in [9.17, 15) is 13.2 Å². The van der Waals surface area contributed by atoms with Crippen LogP contribution in [0.4, 0.5) is 11.4 Å². The Hall–Kier alpha value is -2.09. The molecule has 1 N–H and O–H groups in total. The zero-order chi connectivity index (χ0) is 18.6. The second kappa shape index (κ2) is 8.07. The van der Waals surface area contributed by atoms with E-state index < -0.39 is 21.5 Å². The van der Waals surface area contributed by atoms with Gasteiger partial charge in [0.25, 0.3) is 0 Å². The van der Waals surface area contributed by atoms with Crippen LogP contribution in [0.15, 0.2) is 53.4 Å². The largest absolute Gasteiger partial charge is 0.378 e. The van der Waals surface area contributed by atoms with Crippen molar-refractivity contribution in [2.75, 3.05) is 42.3 Å². The van der Waals surface area contributed by atoms with E-state index in [1.54, 1.807) is 12.1 Å². The molecule has 6 nitrogen and oxygen atoms in total. The van der Waals surface area contributed by atoms with Gasteiger partial charge in [0.1, 0.15) is 5.75 Å². The van der Waals surface area contributed by atoms with Crippen LogP contribution >= 0.6 is 11.6 Å². The van der Waals surface area contributed by atoms with Crippen molar-refractivity contribution in [1.82, 2.24) is 0 Å². The van der Waals surface area contributed by atoms with Gasteiger partial charge in [-0.25, -0.2) is 8.42 Å². The van der Waals surface area contributed by atoms with Crippen LogP contribution in [-0.2, 0) is 19.4 Å². The topological polar surface area (TPSA) is 75.7 Å². The van der Waals surface area contributed by atoms with Gasteiger partial charge in [-0.15, -0.1) is 0 Å². The Bertz CT molecular complexity index is 878. The Morgan fingerprint density at radius 2 is 1.73 bits per heavy atom. The van der Waals surface area contributed by atoms with Crippen LogP contribution in [0.25, 0.3) is 0 Å². The van der Waals surface area contributed by atoms with Crippen LogP contribution in [-0.4, -0.2) is 46.4 Å². The predicted octanol–water partition coefficient (Wildman–Crippen LogP) is 2.59. The molecular formula is C18H19ClN2O4S. The number of carbonyl (C=O) groups excluding carboxylic acids is 1. The molecule has 8 heteroatoms. The van der Waals surface area contributed by atoms with Gasteiger partial charge in [0.15, 0.2) is 9.84 Å². The first-order valence-corrected chi connectivity index (χ1v) is 10.2. The maximum Gasteiger partial charge on any atom is 0.240 e. The Labute approximate surface area is 157 Å². The first-order valence-electron chi connectivity index (χ1n) is 8.15. The van der Waals surface area contributed by atoms with Gasteiger partial charge in [-0.1, -0.05) is 23.7 Å². The summed E-state index contributed by atoms with van der Waals surface area (Å²) < 4.78 is 30.1. The molecule has 1 saturated heterocycles. The lowest BCUT2D eigenvalue weighted by Crippen LogP contribution is -2.37. The SMILES string of the molecule is O=C(CS(=O)(=O)c1ccc(Cl)cc1)Nc1ccccc1N1CCOCC1. The summed E-state index contributed by atoms with van der Waals surface area (Å²) in [6.45, 7) is 2.67. The number of carbonyl (C=O) groups is 1. The highest BCUT2D eigenvalue weighted by Crippen LogP contribution is 2.26. The summed E-state index contributed by atoms with van der Waals surface area (Å²) in [5.74, 6) is -1.22. The van der Waals surface area contributed by atoms with Crippen molar-refractivity contribution in [2.24, 2.45) is 0 Å². The lowest BCUT2D eigenvalue weighted by Gasteiger charge is -2.30. The Morgan fingerprint density at radius 3 is 2.42 bits per heavy atom. The fourth-order valence-corrected chi connectivity index (χ4v) is 4.00. The predicted molar refractivity (Wildman–Crippen MR) is 102 cm³/mol. The molecule has 1 aliphatic rings. The average molecular weight is 395 g/mol. The fourth-order valence-electron chi connectivity index (χ4n) is 2.74. The molecule has 0 bridgehead atoms. The summed E-state index contributed by atoms with van der Waals surface area (Å²) in [6.07, 6.45) is 0. The number of rotatable bonds is 5. The second-order valence-electron chi connectivity index (χ2n) is 5.88. The second-order valence-corrected chi connectivity index (χ2v) is 8.30. The molecule has 26 heavy (non-hydrogen) atoms. The molecule has 0 spiro atoms. The van der Waals surface area contributed by atoms with Crippen LogP contribution in [0.2, 0.25) is 5.02 Å². The summed E-state index contributed by atoms with van der Waals surface area (Å²) in [5.41, 5.74) is 1.44. The number of amides is 1. The molecule has 0 atom stereocenters. The smallest absolute Gasteiger partial charge is 0.240 e. The first kappa shape index (κ1) is 18.7. The lowest BCUT2D eigenvalue weighted by molar-refractivity contribution is -0.113. The number of sulfone groups is 1. The molecule has 1 heterocycles. The monoisotopic (exact) mass is 394 g/mol. The third-order valence-electron chi connectivity index (χ3n) is 4.02. The number of para-hydroxylation sites is 2. The molecule has 0 aromatic heterocycles. The number of ether oxygens (including phenoxy) is 1. The van der Waals surface area contributed by atoms with E-state index in [1.165, 1.54) is 24.3 Å². The summed E-state index contributed by atoms with van der Waals surface area (Å²) in [6, 6.07) is 13.1. The van der Waals surface area contributed by atoms with E-state index in [0.29, 0.717) is 23.9 Å². The fraction of sp³-hybridized carbons (Fsp3) is 0.278. The molecule has 1 aliphatic heterocycles. The molecule has 3 rings (SSSR count). The third kappa shape index (κ3) is 4.55. The van der Waals surface area contributed by atoms with Crippen molar-refractivity contribution in [1.29, 1.82) is 0 Å². The number of morpholine rings is 1. The maximum atomic E-state index is 12.4. The van der Waals surface area contributed by atoms with Gasteiger partial charge >= 0.3 is 0 Å². The van der Waals surface area contributed by atoms with Crippen LogP contribution in [0, 0.1) is 0 Å². The Morgan fingerprint density at radius 1 is 1.08 bits per heavy atom. The van der Waals surface area contributed by atoms with Crippen LogP contribution in [0.5, 0.6) is 0 Å². The van der Waals surface area contributed by atoms with Gasteiger partial charge in [0, 0.05) is 18.1 Å². The van der Waals surface area contributed by atoms with Crippen LogP contribution in [0.1, 0.15) is 0 Å². The zero-order valence-corrected chi connectivity index (χ0v) is 15.6. The van der Waals surface area contributed by atoms with Crippen molar-refractivity contribution in [3.05, 3.63) is 53.6 Å². The van der Waals surface area contributed by atoms with Gasteiger partial charge in [-0.3, -0.25) is 4.79 Å². The van der Waals surface area contributed by atoms with Gasteiger partial charge in [0.05, 0.1) is 29.5 Å². The van der Waals surface area contributed by atoms with Crippen molar-refractivity contribution < 1.29 is 17.9 Å². The lowest BCUT2D eigenvalue weighted by atomic mass is 10.2. The van der Waals surface area contributed by atoms with Crippen molar-refractivity contribution >= 4 is 38.7 Å². The quantitative estimate of drug-likeness (QED) is 0.843. The molecule has 0 aliphatic carbocycles. The number of anilines is 2. The van der Waals surface area contributed by atoms with E-state index in [4.69, 9.17) is 16.3 Å². The molecule has 2 aromatic carbocycles. The van der Waals surface area contributed by atoms with E-state index >= 15 is 0 Å². The van der Waals surface area contributed by atoms with E-state index in [0.717, 1.165) is 18.8 Å². The minimum atomic E-state index is -3.74. The maximum absolute atomic E-state index is 12.4. The summed E-state index contributed by atoms with van der Waals surface area (Å²) >= 11 is 5.78. The zero-order valence-electron chi connectivity index (χ0n) is 14.0. The minimum Gasteiger partial charge on any atom is -0.378 e. The molecule has 0 radical (unpaired) electrons. The van der Waals surface area contributed by atoms with E-state index in [2.05, 4.69) is 10.2 Å². The van der Waals surface area contributed by atoms with E-state index in [-0.39, 0.29) is 4.90 Å². The third-order valence-corrected chi connectivity index (χ3v) is 5.91. The first-order chi connectivity index (χ1) is 12.5. The van der Waals surface area contributed by atoms with Crippen molar-refractivity contribution in [3.8, 4) is 0 Å². The minimum absolute atomic E-state index is 0.0681. The number of hydrogen-bond acceptors (Lipinski definition) is 5. The molecule has 2 aromatic rings. The highest BCUT2D eigenvalue weighted by atomic mass is 35.5. The highest BCUT2D eigenvalue weighted by molar-refractivity contribution is 7.92. The van der Waals surface area contributed by atoms with E-state index in [1.807, 2.05) is 12.1 Å². The Balaban J connectivity index is 1.73. The number of halogens is 1. The number of benzene rings is 2. The number of nitrogens with zero attached hydrogens (tertiary/aromatic N) is 1. The van der Waals surface area contributed by atoms with Gasteiger partial charge in [-0.2, -0.15) is 0 Å². The number of nitrogens with one attached hydrogen (secondary N) is 1. The molecule has 1 amide bonds. The highest BCUT2D eigenvalue weighted by Gasteiger charge is 2.21. The van der Waals surface area contributed by atoms with Gasteiger partial charge in [-0.05, 0) is 36.4 Å². The van der Waals surface area contributed by atoms with Crippen LogP contribution in [0.3, 0.4) is 0 Å². The number of hydrogen-bond donors (Lipinski definition) is 1. The van der Waals surface area contributed by atoms with Crippen molar-refractivity contribution in [3.63, 3.8) is 0 Å². The normalized spacial score (nSPS) is 14.9. The molecular weight excluding hydrogens is 376 g/mol. The van der Waals surface area contributed by atoms with Crippen LogP contribution < -0.4 is 10.2 Å². The summed E-state index contributed by atoms with van der Waals surface area (Å²) in [5, 5.41) is 3.16. The van der Waals surface area contributed by atoms with Crippen molar-refractivity contribution in [2.45, 2.75) is 4.90 Å².